The number of benzene rings is 2. The second-order valence-corrected chi connectivity index (χ2v) is 6.01. The lowest BCUT2D eigenvalue weighted by Crippen LogP contribution is -2.39. The molecule has 2 aromatic rings. The Morgan fingerprint density at radius 3 is 2.91 bits per heavy atom. The number of hydrogen-bond acceptors (Lipinski definition) is 3. The normalized spacial score (nSPS) is 13.6. The summed E-state index contributed by atoms with van der Waals surface area (Å²) in [5, 5.41) is 12.8. The van der Waals surface area contributed by atoms with Crippen molar-refractivity contribution in [3.63, 3.8) is 0 Å². The van der Waals surface area contributed by atoms with Gasteiger partial charge < -0.3 is 15.3 Å². The first-order chi connectivity index (χ1) is 11.2. The number of aryl methyl sites for hydroxylation is 1. The molecule has 2 N–H and O–H groups in total. The Labute approximate surface area is 140 Å². The number of carbonyl (C=O) groups is 1. The van der Waals surface area contributed by atoms with Crippen molar-refractivity contribution in [3.8, 4) is 0 Å². The van der Waals surface area contributed by atoms with Crippen LogP contribution in [0.5, 0.6) is 0 Å². The van der Waals surface area contributed by atoms with Crippen molar-refractivity contribution in [3.05, 3.63) is 58.6 Å². The number of aliphatic hydroxyl groups is 1. The molecule has 0 aliphatic carbocycles. The van der Waals surface area contributed by atoms with Gasteiger partial charge in [0.25, 0.3) is 0 Å². The van der Waals surface area contributed by atoms with Gasteiger partial charge in [-0.25, -0.2) is 0 Å². The minimum atomic E-state index is -0.0563. The number of fused-ring (bicyclic) bond motifs is 1. The molecule has 0 radical (unpaired) electrons. The first kappa shape index (κ1) is 15.8. The molecule has 120 valence electrons. The van der Waals surface area contributed by atoms with E-state index in [1.165, 1.54) is 5.56 Å². The quantitative estimate of drug-likeness (QED) is 0.905. The maximum atomic E-state index is 12.6. The van der Waals surface area contributed by atoms with Crippen LogP contribution in [-0.4, -0.2) is 24.1 Å². The van der Waals surface area contributed by atoms with E-state index in [1.807, 2.05) is 23.1 Å². The third-order valence-electron chi connectivity index (χ3n) is 4.05. The molecule has 0 saturated heterocycles. The van der Waals surface area contributed by atoms with Gasteiger partial charge in [0.15, 0.2) is 0 Å². The molecule has 1 heterocycles. The summed E-state index contributed by atoms with van der Waals surface area (Å²) in [6.45, 7) is 0.851. The zero-order chi connectivity index (χ0) is 16.2. The minimum Gasteiger partial charge on any atom is -0.392 e. The summed E-state index contributed by atoms with van der Waals surface area (Å²) in [5.41, 5.74) is 3.64. The SMILES string of the molecule is O=C(CNc1cc(CO)ccc1Cl)N1CCCc2ccccc21. The highest BCUT2D eigenvalue weighted by Gasteiger charge is 2.21. The molecule has 0 atom stereocenters. The van der Waals surface area contributed by atoms with Crippen LogP contribution in [0, 0.1) is 0 Å². The maximum Gasteiger partial charge on any atom is 0.246 e. The number of nitrogens with one attached hydrogen (secondary N) is 1. The van der Waals surface area contributed by atoms with Gasteiger partial charge in [-0.1, -0.05) is 35.9 Å². The average Bonchev–Trinajstić information content (AvgIpc) is 2.60. The Bertz CT molecular complexity index is 718. The van der Waals surface area contributed by atoms with Gasteiger partial charge in [0.2, 0.25) is 5.91 Å². The van der Waals surface area contributed by atoms with Crippen molar-refractivity contribution in [2.45, 2.75) is 19.4 Å². The Morgan fingerprint density at radius 2 is 2.09 bits per heavy atom. The lowest BCUT2D eigenvalue weighted by Gasteiger charge is -2.29. The number of carbonyl (C=O) groups excluding carboxylic acids is 1. The van der Waals surface area contributed by atoms with Crippen molar-refractivity contribution in [1.29, 1.82) is 0 Å². The Hall–Kier alpha value is -2.04. The smallest absolute Gasteiger partial charge is 0.246 e. The van der Waals surface area contributed by atoms with Crippen LogP contribution < -0.4 is 10.2 Å². The summed E-state index contributed by atoms with van der Waals surface area (Å²) in [4.78, 5) is 14.4. The van der Waals surface area contributed by atoms with E-state index < -0.39 is 0 Å². The number of amides is 1. The lowest BCUT2D eigenvalue weighted by atomic mass is 10.0. The van der Waals surface area contributed by atoms with Gasteiger partial charge in [-0.3, -0.25) is 4.79 Å². The summed E-state index contributed by atoms with van der Waals surface area (Å²) in [6.07, 6.45) is 1.99. The van der Waals surface area contributed by atoms with Crippen LogP contribution in [0.3, 0.4) is 0 Å². The van der Waals surface area contributed by atoms with Gasteiger partial charge in [0, 0.05) is 12.2 Å². The van der Waals surface area contributed by atoms with Gasteiger partial charge in [0.05, 0.1) is 23.9 Å². The monoisotopic (exact) mass is 330 g/mol. The molecule has 23 heavy (non-hydrogen) atoms. The highest BCUT2D eigenvalue weighted by atomic mass is 35.5. The molecule has 5 heteroatoms. The number of anilines is 2. The highest BCUT2D eigenvalue weighted by Crippen LogP contribution is 2.27. The number of aliphatic hydroxyl groups excluding tert-OH is 1. The number of halogens is 1. The molecule has 0 bridgehead atoms. The minimum absolute atomic E-state index is 0.0163. The van der Waals surface area contributed by atoms with Crippen molar-refractivity contribution in [2.75, 3.05) is 23.3 Å². The van der Waals surface area contributed by atoms with Crippen LogP contribution in [-0.2, 0) is 17.8 Å². The molecule has 0 spiro atoms. The van der Waals surface area contributed by atoms with Gasteiger partial charge in [0.1, 0.15) is 0 Å². The molecule has 1 aliphatic heterocycles. The fourth-order valence-electron chi connectivity index (χ4n) is 2.87. The summed E-state index contributed by atoms with van der Waals surface area (Å²) in [5.74, 6) is 0.0163. The fraction of sp³-hybridized carbons (Fsp3) is 0.278. The van der Waals surface area contributed by atoms with Crippen molar-refractivity contribution in [2.24, 2.45) is 0 Å². The van der Waals surface area contributed by atoms with E-state index in [2.05, 4.69) is 11.4 Å². The largest absolute Gasteiger partial charge is 0.392 e. The van der Waals surface area contributed by atoms with E-state index >= 15 is 0 Å². The Morgan fingerprint density at radius 1 is 1.26 bits per heavy atom. The van der Waals surface area contributed by atoms with Crippen molar-refractivity contribution >= 4 is 28.9 Å². The molecule has 0 fully saturated rings. The predicted octanol–water partition coefficient (Wildman–Crippen LogP) is 3.22. The van der Waals surface area contributed by atoms with Crippen LogP contribution in [0.4, 0.5) is 11.4 Å². The lowest BCUT2D eigenvalue weighted by molar-refractivity contribution is -0.117. The molecule has 4 nitrogen and oxygen atoms in total. The third kappa shape index (κ3) is 3.49. The molecule has 3 rings (SSSR count). The zero-order valence-electron chi connectivity index (χ0n) is 12.8. The molecule has 1 aliphatic rings. The van der Waals surface area contributed by atoms with Gasteiger partial charge in [-0.05, 0) is 42.2 Å². The molecule has 0 unspecified atom stereocenters. The van der Waals surface area contributed by atoms with Gasteiger partial charge >= 0.3 is 0 Å². The molecule has 1 amide bonds. The molecule has 0 saturated carbocycles. The fourth-order valence-corrected chi connectivity index (χ4v) is 3.05. The van der Waals surface area contributed by atoms with Crippen LogP contribution in [0.2, 0.25) is 5.02 Å². The summed E-state index contributed by atoms with van der Waals surface area (Å²) < 4.78 is 0. The van der Waals surface area contributed by atoms with E-state index in [4.69, 9.17) is 11.6 Å². The van der Waals surface area contributed by atoms with E-state index in [9.17, 15) is 9.90 Å². The first-order valence-corrected chi connectivity index (χ1v) is 8.08. The summed E-state index contributed by atoms with van der Waals surface area (Å²) >= 11 is 6.13. The Balaban J connectivity index is 1.71. The number of hydrogen-bond donors (Lipinski definition) is 2. The van der Waals surface area contributed by atoms with E-state index in [1.54, 1.807) is 18.2 Å². The highest BCUT2D eigenvalue weighted by molar-refractivity contribution is 6.33. The van der Waals surface area contributed by atoms with Crippen LogP contribution in [0.25, 0.3) is 0 Å². The number of rotatable bonds is 4. The topological polar surface area (TPSA) is 52.6 Å². The Kier molecular flexibility index (Phi) is 4.84. The van der Waals surface area contributed by atoms with Crippen molar-refractivity contribution in [1.82, 2.24) is 0 Å². The second-order valence-electron chi connectivity index (χ2n) is 5.60. The molecule has 2 aromatic carbocycles. The van der Waals surface area contributed by atoms with E-state index in [0.29, 0.717) is 10.7 Å². The van der Waals surface area contributed by atoms with Gasteiger partial charge in [-0.15, -0.1) is 0 Å². The number of para-hydroxylation sites is 1. The summed E-state index contributed by atoms with van der Waals surface area (Å²) in [6, 6.07) is 13.3. The average molecular weight is 331 g/mol. The first-order valence-electron chi connectivity index (χ1n) is 7.70. The maximum absolute atomic E-state index is 12.6. The summed E-state index contributed by atoms with van der Waals surface area (Å²) in [7, 11) is 0. The van der Waals surface area contributed by atoms with Crippen molar-refractivity contribution < 1.29 is 9.90 Å². The second kappa shape index (κ2) is 7.02. The van der Waals surface area contributed by atoms with Crippen LogP contribution >= 0.6 is 11.6 Å². The number of nitrogens with zero attached hydrogens (tertiary/aromatic N) is 1. The van der Waals surface area contributed by atoms with Crippen LogP contribution in [0.1, 0.15) is 17.5 Å². The standard InChI is InChI=1S/C18H19ClN2O2/c19-15-8-7-13(12-22)10-16(15)20-11-18(23)21-9-3-5-14-4-1-2-6-17(14)21/h1-2,4,6-8,10,20,22H,3,5,9,11-12H2. The van der Waals surface area contributed by atoms with E-state index in [-0.39, 0.29) is 19.1 Å². The third-order valence-corrected chi connectivity index (χ3v) is 4.38. The van der Waals surface area contributed by atoms with E-state index in [0.717, 1.165) is 30.6 Å². The molecular weight excluding hydrogens is 312 g/mol. The molecule has 0 aromatic heterocycles. The predicted molar refractivity (Wildman–Crippen MR) is 93.0 cm³/mol. The molecular formula is C18H19ClN2O2. The zero-order valence-corrected chi connectivity index (χ0v) is 13.5. The van der Waals surface area contributed by atoms with Gasteiger partial charge in [-0.2, -0.15) is 0 Å². The van der Waals surface area contributed by atoms with Crippen LogP contribution in [0.15, 0.2) is 42.5 Å².